The van der Waals surface area contributed by atoms with E-state index in [0.717, 1.165) is 0 Å². The van der Waals surface area contributed by atoms with Crippen molar-refractivity contribution in [3.8, 4) is 0 Å². The molecule has 90 valence electrons. The monoisotopic (exact) mass is 337 g/mol. The third-order valence-electron chi connectivity index (χ3n) is 3.51. The minimum Gasteiger partial charge on any atom is -1.00 e. The summed E-state index contributed by atoms with van der Waals surface area (Å²) in [5.41, 5.74) is 1.42. The van der Waals surface area contributed by atoms with Crippen LogP contribution in [0.15, 0.2) is 24.3 Å². The Morgan fingerprint density at radius 1 is 1.12 bits per heavy atom. The standard InChI is InChI=1S/C12H20NSi2.BrH.Mg/c1-14(2)10-11-15(3,4)13(14)12-8-6-5-7-9-12;;/h5-6,8-9H,10-11H2,1-4H3;1H;/q-1;;+2/p-1. The van der Waals surface area contributed by atoms with Gasteiger partial charge in [-0.1, -0.05) is 31.9 Å². The summed E-state index contributed by atoms with van der Waals surface area (Å²) in [5.74, 6) is 0. The SMILES string of the molecule is C[Si]1(C)CC[Si](C)(C)N1c1c[c-]ccc1.[Br-].[Mg+2]. The Morgan fingerprint density at radius 2 is 1.65 bits per heavy atom. The van der Waals surface area contributed by atoms with Crippen LogP contribution in [-0.4, -0.2) is 39.5 Å². The fourth-order valence-electron chi connectivity index (χ4n) is 2.88. The van der Waals surface area contributed by atoms with E-state index in [9.17, 15) is 0 Å². The number of rotatable bonds is 1. The van der Waals surface area contributed by atoms with E-state index in [2.05, 4.69) is 54.7 Å². The second-order valence-electron chi connectivity index (χ2n) is 5.72. The molecule has 0 saturated carbocycles. The van der Waals surface area contributed by atoms with Crippen LogP contribution in [0.5, 0.6) is 0 Å². The van der Waals surface area contributed by atoms with Crippen LogP contribution in [0, 0.1) is 6.07 Å². The molecule has 1 saturated heterocycles. The largest absolute Gasteiger partial charge is 2.00 e. The Balaban J connectivity index is 0.00000128. The molecule has 17 heavy (non-hydrogen) atoms. The summed E-state index contributed by atoms with van der Waals surface area (Å²) in [7, 11) is -2.34. The Labute approximate surface area is 134 Å². The van der Waals surface area contributed by atoms with Crippen LogP contribution in [0.4, 0.5) is 5.69 Å². The van der Waals surface area contributed by atoms with Gasteiger partial charge >= 0.3 is 23.1 Å². The van der Waals surface area contributed by atoms with Gasteiger partial charge in [-0.05, 0) is 12.1 Å². The van der Waals surface area contributed by atoms with Crippen LogP contribution in [0.3, 0.4) is 0 Å². The van der Waals surface area contributed by atoms with Crippen LogP contribution in [0.2, 0.25) is 38.3 Å². The Morgan fingerprint density at radius 3 is 2.06 bits per heavy atom. The molecule has 0 radical (unpaired) electrons. The molecule has 1 nitrogen and oxygen atoms in total. The van der Waals surface area contributed by atoms with Crippen molar-refractivity contribution in [3.05, 3.63) is 30.3 Å². The molecule has 1 aliphatic rings. The molecular formula is C12H20BrMgNSi2. The van der Waals surface area contributed by atoms with E-state index in [1.165, 1.54) is 17.8 Å². The first-order chi connectivity index (χ1) is 6.93. The minimum absolute atomic E-state index is 0. The number of anilines is 1. The first kappa shape index (κ1) is 17.7. The first-order valence-electron chi connectivity index (χ1n) is 5.70. The second-order valence-corrected chi connectivity index (χ2v) is 15.3. The van der Waals surface area contributed by atoms with E-state index in [-0.39, 0.29) is 40.0 Å². The third kappa shape index (κ3) is 3.59. The molecule has 1 aromatic carbocycles. The zero-order valence-electron chi connectivity index (χ0n) is 11.3. The van der Waals surface area contributed by atoms with Gasteiger partial charge in [-0.2, -0.15) is 30.3 Å². The van der Waals surface area contributed by atoms with Gasteiger partial charge in [0.15, 0.2) is 0 Å². The van der Waals surface area contributed by atoms with Gasteiger partial charge < -0.3 is 21.2 Å². The van der Waals surface area contributed by atoms with Crippen molar-refractivity contribution in [2.45, 2.75) is 38.3 Å². The van der Waals surface area contributed by atoms with Crippen molar-refractivity contribution < 1.29 is 17.0 Å². The molecule has 0 amide bonds. The van der Waals surface area contributed by atoms with E-state index < -0.39 is 16.5 Å². The fraction of sp³-hybridized carbons (Fsp3) is 0.500. The van der Waals surface area contributed by atoms with Crippen LogP contribution in [-0.2, 0) is 0 Å². The van der Waals surface area contributed by atoms with Gasteiger partial charge in [0.1, 0.15) is 16.5 Å². The smallest absolute Gasteiger partial charge is 1.00 e. The van der Waals surface area contributed by atoms with Gasteiger partial charge in [0.05, 0.1) is 0 Å². The maximum absolute atomic E-state index is 3.22. The van der Waals surface area contributed by atoms with E-state index in [4.69, 9.17) is 0 Å². The van der Waals surface area contributed by atoms with Crippen LogP contribution < -0.4 is 21.2 Å². The maximum atomic E-state index is 3.22. The van der Waals surface area contributed by atoms with Crippen molar-refractivity contribution in [1.82, 2.24) is 0 Å². The second kappa shape index (κ2) is 6.23. The van der Waals surface area contributed by atoms with Crippen molar-refractivity contribution in [2.75, 3.05) is 4.23 Å². The average Bonchev–Trinajstić information content (AvgIpc) is 2.37. The zero-order chi connectivity index (χ0) is 11.1. The van der Waals surface area contributed by atoms with Crippen molar-refractivity contribution in [1.29, 1.82) is 0 Å². The number of halogens is 1. The van der Waals surface area contributed by atoms with Gasteiger partial charge in [0.2, 0.25) is 0 Å². The molecule has 2 rings (SSSR count). The summed E-state index contributed by atoms with van der Waals surface area (Å²) in [6.07, 6.45) is 0. The number of hydrogen-bond donors (Lipinski definition) is 0. The molecule has 0 spiro atoms. The Hall–Kier alpha value is 0.700. The summed E-state index contributed by atoms with van der Waals surface area (Å²) in [6, 6.07) is 14.7. The summed E-state index contributed by atoms with van der Waals surface area (Å²) in [5, 5.41) is 0. The predicted octanol–water partition coefficient (Wildman–Crippen LogP) is 0.340. The van der Waals surface area contributed by atoms with Gasteiger partial charge in [-0.15, -0.1) is 0 Å². The van der Waals surface area contributed by atoms with Crippen LogP contribution in [0.1, 0.15) is 0 Å². The van der Waals surface area contributed by atoms with E-state index >= 15 is 0 Å². The Bertz CT molecular complexity index is 341. The van der Waals surface area contributed by atoms with Gasteiger partial charge in [-0.25, -0.2) is 0 Å². The zero-order valence-corrected chi connectivity index (χ0v) is 16.3. The van der Waals surface area contributed by atoms with E-state index in [1.807, 2.05) is 6.07 Å². The van der Waals surface area contributed by atoms with Crippen LogP contribution >= 0.6 is 0 Å². The molecule has 5 heteroatoms. The predicted molar refractivity (Wildman–Crippen MR) is 78.1 cm³/mol. The van der Waals surface area contributed by atoms with Crippen LogP contribution in [0.25, 0.3) is 0 Å². The quantitative estimate of drug-likeness (QED) is 0.527. The third-order valence-corrected chi connectivity index (χ3v) is 13.5. The molecule has 0 aromatic heterocycles. The normalized spacial score (nSPS) is 20.4. The molecular weight excluding hydrogens is 319 g/mol. The van der Waals surface area contributed by atoms with Crippen molar-refractivity contribution in [3.63, 3.8) is 0 Å². The minimum atomic E-state index is -1.17. The number of nitrogens with zero attached hydrogens (tertiary/aromatic N) is 1. The summed E-state index contributed by atoms with van der Waals surface area (Å²) in [4.78, 5) is 0. The molecule has 1 aromatic rings. The average molecular weight is 339 g/mol. The van der Waals surface area contributed by atoms with E-state index in [1.54, 1.807) is 0 Å². The van der Waals surface area contributed by atoms with Gasteiger partial charge in [0.25, 0.3) is 0 Å². The molecule has 1 fully saturated rings. The molecule has 0 bridgehead atoms. The summed E-state index contributed by atoms with van der Waals surface area (Å²) < 4.78 is 2.82. The summed E-state index contributed by atoms with van der Waals surface area (Å²) >= 11 is 0. The van der Waals surface area contributed by atoms with Crippen molar-refractivity contribution >= 4 is 45.2 Å². The van der Waals surface area contributed by atoms with Crippen molar-refractivity contribution in [2.24, 2.45) is 0 Å². The topological polar surface area (TPSA) is 3.24 Å². The Kier molecular flexibility index (Phi) is 6.49. The maximum Gasteiger partial charge on any atom is 2.00 e. The molecule has 0 aliphatic carbocycles. The first-order valence-corrected chi connectivity index (χ1v) is 12.0. The molecule has 0 N–H and O–H groups in total. The number of benzene rings is 1. The van der Waals surface area contributed by atoms with Gasteiger partial charge in [0, 0.05) is 0 Å². The summed E-state index contributed by atoms with van der Waals surface area (Å²) in [6.45, 7) is 10.0. The fourth-order valence-corrected chi connectivity index (χ4v) is 17.1. The number of hydrogen-bond acceptors (Lipinski definition) is 1. The van der Waals surface area contributed by atoms with Gasteiger partial charge in [-0.3, -0.25) is 0 Å². The van der Waals surface area contributed by atoms with E-state index in [0.29, 0.717) is 0 Å². The molecule has 0 atom stereocenters. The molecule has 1 heterocycles. The molecule has 1 aliphatic heterocycles. The molecule has 0 unspecified atom stereocenters.